The van der Waals surface area contributed by atoms with Gasteiger partial charge in [-0.2, -0.15) is 0 Å². The quantitative estimate of drug-likeness (QED) is 0.866. The fourth-order valence-electron chi connectivity index (χ4n) is 3.30. The summed E-state index contributed by atoms with van der Waals surface area (Å²) in [6, 6.07) is 9.00. The number of para-hydroxylation sites is 1. The first-order valence-corrected chi connectivity index (χ1v) is 8.74. The monoisotopic (exact) mass is 340 g/mol. The molecule has 1 saturated carbocycles. The number of piperidine rings is 1. The van der Waals surface area contributed by atoms with Crippen molar-refractivity contribution in [3.05, 3.63) is 46.3 Å². The SMILES string of the molecule is O=C(NC1CC1)[C@@H]1CCCN(C(=O)c2cc3ccccc3oc2=O)C1. The molecular weight excluding hydrogens is 320 g/mol. The van der Waals surface area contributed by atoms with Gasteiger partial charge in [0, 0.05) is 24.5 Å². The maximum atomic E-state index is 12.8. The van der Waals surface area contributed by atoms with E-state index in [2.05, 4.69) is 5.32 Å². The lowest BCUT2D eigenvalue weighted by Crippen LogP contribution is -2.46. The van der Waals surface area contributed by atoms with Gasteiger partial charge in [0.05, 0.1) is 5.92 Å². The van der Waals surface area contributed by atoms with Gasteiger partial charge in [-0.25, -0.2) is 4.79 Å². The first kappa shape index (κ1) is 15.9. The van der Waals surface area contributed by atoms with Gasteiger partial charge in [-0.1, -0.05) is 18.2 Å². The Morgan fingerprint density at radius 2 is 1.96 bits per heavy atom. The highest BCUT2D eigenvalue weighted by molar-refractivity contribution is 5.97. The molecule has 2 aromatic rings. The Balaban J connectivity index is 1.54. The lowest BCUT2D eigenvalue weighted by Gasteiger charge is -2.31. The van der Waals surface area contributed by atoms with Crippen LogP contribution in [0.3, 0.4) is 0 Å². The molecule has 2 amide bonds. The van der Waals surface area contributed by atoms with Crippen LogP contribution in [0, 0.1) is 5.92 Å². The summed E-state index contributed by atoms with van der Waals surface area (Å²) < 4.78 is 5.26. The predicted octanol–water partition coefficient (Wildman–Crippen LogP) is 1.92. The van der Waals surface area contributed by atoms with E-state index >= 15 is 0 Å². The Bertz CT molecular complexity index is 884. The van der Waals surface area contributed by atoms with Crippen molar-refractivity contribution in [1.82, 2.24) is 10.2 Å². The van der Waals surface area contributed by atoms with Crippen LogP contribution < -0.4 is 10.9 Å². The largest absolute Gasteiger partial charge is 0.422 e. The van der Waals surface area contributed by atoms with Crippen LogP contribution in [-0.2, 0) is 4.79 Å². The number of hydrogen-bond acceptors (Lipinski definition) is 4. The van der Waals surface area contributed by atoms with Gasteiger partial charge in [0.25, 0.3) is 5.91 Å². The third-order valence-electron chi connectivity index (χ3n) is 4.87. The zero-order chi connectivity index (χ0) is 17.4. The summed E-state index contributed by atoms with van der Waals surface area (Å²) in [7, 11) is 0. The molecule has 1 aromatic carbocycles. The van der Waals surface area contributed by atoms with E-state index in [0.717, 1.165) is 25.7 Å². The first-order valence-electron chi connectivity index (χ1n) is 8.74. The van der Waals surface area contributed by atoms with Crippen LogP contribution in [0.25, 0.3) is 11.0 Å². The minimum Gasteiger partial charge on any atom is -0.422 e. The molecule has 0 radical (unpaired) electrons. The molecule has 1 N–H and O–H groups in total. The van der Waals surface area contributed by atoms with Crippen LogP contribution in [0.1, 0.15) is 36.0 Å². The number of benzene rings is 1. The summed E-state index contributed by atoms with van der Waals surface area (Å²) >= 11 is 0. The molecule has 6 heteroatoms. The average molecular weight is 340 g/mol. The van der Waals surface area contributed by atoms with E-state index in [1.165, 1.54) is 0 Å². The number of carbonyl (C=O) groups excluding carboxylic acids is 2. The van der Waals surface area contributed by atoms with Crippen molar-refractivity contribution in [2.24, 2.45) is 5.92 Å². The van der Waals surface area contributed by atoms with Gasteiger partial charge in [0.2, 0.25) is 5.91 Å². The zero-order valence-corrected chi connectivity index (χ0v) is 13.9. The Morgan fingerprint density at radius 3 is 2.76 bits per heavy atom. The number of likely N-dealkylation sites (tertiary alicyclic amines) is 1. The van der Waals surface area contributed by atoms with Crippen molar-refractivity contribution in [3.63, 3.8) is 0 Å². The van der Waals surface area contributed by atoms with Gasteiger partial charge in [-0.3, -0.25) is 9.59 Å². The molecule has 2 heterocycles. The maximum absolute atomic E-state index is 12.8. The second-order valence-corrected chi connectivity index (χ2v) is 6.86. The standard InChI is InChI=1S/C19H20N2O4/c22-17(20-14-7-8-14)13-5-3-9-21(11-13)18(23)15-10-12-4-1-2-6-16(12)25-19(15)24/h1-2,4,6,10,13-14H,3,5,7-9,11H2,(H,20,22)/t13-/m1/s1. The zero-order valence-electron chi connectivity index (χ0n) is 13.9. The van der Waals surface area contributed by atoms with Crippen LogP contribution in [0.4, 0.5) is 0 Å². The molecule has 2 aliphatic rings. The lowest BCUT2D eigenvalue weighted by molar-refractivity contribution is -0.126. The number of hydrogen-bond donors (Lipinski definition) is 1. The summed E-state index contributed by atoms with van der Waals surface area (Å²) in [5.41, 5.74) is -0.139. The van der Waals surface area contributed by atoms with E-state index in [1.54, 1.807) is 29.2 Å². The molecule has 0 bridgehead atoms. The van der Waals surface area contributed by atoms with E-state index < -0.39 is 5.63 Å². The number of carbonyl (C=O) groups is 2. The highest BCUT2D eigenvalue weighted by Crippen LogP contribution is 2.23. The molecule has 2 fully saturated rings. The summed E-state index contributed by atoms with van der Waals surface area (Å²) in [4.78, 5) is 38.9. The Morgan fingerprint density at radius 1 is 1.16 bits per heavy atom. The highest BCUT2D eigenvalue weighted by Gasteiger charge is 2.33. The van der Waals surface area contributed by atoms with Crippen molar-refractivity contribution < 1.29 is 14.0 Å². The number of nitrogens with zero attached hydrogens (tertiary/aromatic N) is 1. The van der Waals surface area contributed by atoms with Crippen LogP contribution in [0.5, 0.6) is 0 Å². The van der Waals surface area contributed by atoms with E-state index in [-0.39, 0.29) is 23.3 Å². The van der Waals surface area contributed by atoms with Crippen molar-refractivity contribution in [2.45, 2.75) is 31.7 Å². The topological polar surface area (TPSA) is 79.6 Å². The number of fused-ring (bicyclic) bond motifs is 1. The van der Waals surface area contributed by atoms with Gasteiger partial charge >= 0.3 is 5.63 Å². The molecule has 1 aromatic heterocycles. The summed E-state index contributed by atoms with van der Waals surface area (Å²) in [5, 5.41) is 3.71. The first-order chi connectivity index (χ1) is 12.1. The molecule has 1 aliphatic carbocycles. The van der Waals surface area contributed by atoms with Gasteiger partial charge in [-0.15, -0.1) is 0 Å². The second kappa shape index (κ2) is 6.35. The minimum atomic E-state index is -0.631. The smallest absolute Gasteiger partial charge is 0.349 e. The maximum Gasteiger partial charge on any atom is 0.349 e. The number of rotatable bonds is 3. The van der Waals surface area contributed by atoms with Crippen LogP contribution >= 0.6 is 0 Å². The third kappa shape index (κ3) is 3.29. The molecule has 25 heavy (non-hydrogen) atoms. The number of amides is 2. The fraction of sp³-hybridized carbons (Fsp3) is 0.421. The fourth-order valence-corrected chi connectivity index (χ4v) is 3.30. The van der Waals surface area contributed by atoms with Gasteiger partial charge in [0.15, 0.2) is 0 Å². The summed E-state index contributed by atoms with van der Waals surface area (Å²) in [5.74, 6) is -0.542. The molecule has 1 atom stereocenters. The van der Waals surface area contributed by atoms with Crippen LogP contribution in [-0.4, -0.2) is 35.8 Å². The summed E-state index contributed by atoms with van der Waals surface area (Å²) in [6.07, 6.45) is 3.61. The average Bonchev–Trinajstić information content (AvgIpc) is 3.44. The van der Waals surface area contributed by atoms with Crippen molar-refractivity contribution in [3.8, 4) is 0 Å². The molecule has 0 spiro atoms. The van der Waals surface area contributed by atoms with E-state index in [9.17, 15) is 14.4 Å². The molecule has 130 valence electrons. The summed E-state index contributed by atoms with van der Waals surface area (Å²) in [6.45, 7) is 0.905. The second-order valence-electron chi connectivity index (χ2n) is 6.86. The van der Waals surface area contributed by atoms with Gasteiger partial charge in [-0.05, 0) is 37.8 Å². The molecule has 1 aliphatic heterocycles. The molecular formula is C19H20N2O4. The minimum absolute atomic E-state index is 0.0190. The molecule has 1 saturated heterocycles. The molecule has 4 rings (SSSR count). The number of nitrogens with one attached hydrogen (secondary N) is 1. The Hall–Kier alpha value is -2.63. The van der Waals surface area contributed by atoms with Crippen LogP contribution in [0.15, 0.2) is 39.5 Å². The third-order valence-corrected chi connectivity index (χ3v) is 4.87. The molecule has 0 unspecified atom stereocenters. The van der Waals surface area contributed by atoms with Gasteiger partial charge in [0.1, 0.15) is 11.1 Å². The van der Waals surface area contributed by atoms with Crippen molar-refractivity contribution >= 4 is 22.8 Å². The van der Waals surface area contributed by atoms with Crippen molar-refractivity contribution in [1.29, 1.82) is 0 Å². The highest BCUT2D eigenvalue weighted by atomic mass is 16.4. The Kier molecular flexibility index (Phi) is 4.03. The van der Waals surface area contributed by atoms with Crippen molar-refractivity contribution in [2.75, 3.05) is 13.1 Å². The van der Waals surface area contributed by atoms with E-state index in [0.29, 0.717) is 30.1 Å². The predicted molar refractivity (Wildman–Crippen MR) is 92.3 cm³/mol. The normalized spacial score (nSPS) is 20.5. The molecule has 6 nitrogen and oxygen atoms in total. The Labute approximate surface area is 144 Å². The van der Waals surface area contributed by atoms with Crippen LogP contribution in [0.2, 0.25) is 0 Å². The van der Waals surface area contributed by atoms with E-state index in [1.807, 2.05) is 6.07 Å². The van der Waals surface area contributed by atoms with E-state index in [4.69, 9.17) is 4.42 Å². The lowest BCUT2D eigenvalue weighted by atomic mass is 9.96. The van der Waals surface area contributed by atoms with Gasteiger partial charge < -0.3 is 14.6 Å².